The summed E-state index contributed by atoms with van der Waals surface area (Å²) in [5, 5.41) is 0.766. The Bertz CT molecular complexity index is 895. The fourth-order valence-corrected chi connectivity index (χ4v) is 4.14. The zero-order valence-electron chi connectivity index (χ0n) is 17.7. The van der Waals surface area contributed by atoms with Crippen molar-refractivity contribution in [1.82, 2.24) is 19.8 Å². The summed E-state index contributed by atoms with van der Waals surface area (Å²) >= 11 is 0. The number of halogens is 1. The van der Waals surface area contributed by atoms with E-state index in [-0.39, 0.29) is 11.9 Å². The SMILES string of the molecule is CCN1CCN(CC#CCOC2CCN(c3ncnc4ccc(F)cc34)CC2)CC1. The summed E-state index contributed by atoms with van der Waals surface area (Å²) < 4.78 is 19.7. The van der Waals surface area contributed by atoms with Gasteiger partial charge in [-0.2, -0.15) is 0 Å². The number of rotatable bonds is 5. The number of benzene rings is 1. The van der Waals surface area contributed by atoms with Crippen molar-refractivity contribution in [2.24, 2.45) is 0 Å². The first-order valence-corrected chi connectivity index (χ1v) is 10.9. The van der Waals surface area contributed by atoms with Crippen molar-refractivity contribution in [3.05, 3.63) is 30.3 Å². The van der Waals surface area contributed by atoms with Crippen molar-refractivity contribution in [3.63, 3.8) is 0 Å². The maximum Gasteiger partial charge on any atom is 0.139 e. The van der Waals surface area contributed by atoms with Gasteiger partial charge in [0.25, 0.3) is 0 Å². The normalized spacial score (nSPS) is 19.1. The van der Waals surface area contributed by atoms with Crippen LogP contribution in [0, 0.1) is 17.7 Å². The Morgan fingerprint density at radius 3 is 2.57 bits per heavy atom. The highest BCUT2D eigenvalue weighted by Crippen LogP contribution is 2.26. The molecule has 0 radical (unpaired) electrons. The predicted octanol–water partition coefficient (Wildman–Crippen LogP) is 2.40. The van der Waals surface area contributed by atoms with Crippen LogP contribution in [0.25, 0.3) is 10.9 Å². The molecule has 0 unspecified atom stereocenters. The zero-order valence-corrected chi connectivity index (χ0v) is 17.7. The van der Waals surface area contributed by atoms with Crippen LogP contribution in [-0.2, 0) is 4.74 Å². The summed E-state index contributed by atoms with van der Waals surface area (Å²) in [5.41, 5.74) is 0.770. The van der Waals surface area contributed by atoms with Crippen molar-refractivity contribution in [1.29, 1.82) is 0 Å². The minimum atomic E-state index is -0.261. The molecule has 0 spiro atoms. The largest absolute Gasteiger partial charge is 0.365 e. The molecule has 30 heavy (non-hydrogen) atoms. The van der Waals surface area contributed by atoms with E-state index in [0.717, 1.165) is 81.9 Å². The Labute approximate surface area is 178 Å². The van der Waals surface area contributed by atoms with Gasteiger partial charge in [-0.05, 0) is 37.6 Å². The number of ether oxygens (including phenoxy) is 1. The van der Waals surface area contributed by atoms with Gasteiger partial charge in [0, 0.05) is 44.7 Å². The summed E-state index contributed by atoms with van der Waals surface area (Å²) in [6, 6.07) is 4.66. The topological polar surface area (TPSA) is 44.7 Å². The number of aromatic nitrogens is 2. The minimum Gasteiger partial charge on any atom is -0.365 e. The first-order valence-electron chi connectivity index (χ1n) is 10.9. The van der Waals surface area contributed by atoms with Gasteiger partial charge in [-0.3, -0.25) is 4.90 Å². The Hall–Kier alpha value is -2.27. The maximum absolute atomic E-state index is 13.7. The smallest absolute Gasteiger partial charge is 0.139 e. The van der Waals surface area contributed by atoms with Gasteiger partial charge in [0.05, 0.1) is 18.2 Å². The molecular formula is C23H30FN5O. The molecular weight excluding hydrogens is 381 g/mol. The van der Waals surface area contributed by atoms with Gasteiger partial charge in [-0.1, -0.05) is 18.8 Å². The van der Waals surface area contributed by atoms with Crippen molar-refractivity contribution in [2.45, 2.75) is 25.9 Å². The lowest BCUT2D eigenvalue weighted by atomic mass is 10.1. The van der Waals surface area contributed by atoms with Crippen LogP contribution in [0.5, 0.6) is 0 Å². The lowest BCUT2D eigenvalue weighted by Gasteiger charge is -2.33. The maximum atomic E-state index is 13.7. The number of fused-ring (bicyclic) bond motifs is 1. The molecule has 2 aromatic rings. The van der Waals surface area contributed by atoms with Crippen molar-refractivity contribution in [2.75, 3.05) is 63.9 Å². The average Bonchev–Trinajstić information content (AvgIpc) is 2.79. The Morgan fingerprint density at radius 2 is 1.80 bits per heavy atom. The molecule has 160 valence electrons. The quantitative estimate of drug-likeness (QED) is 0.704. The Kier molecular flexibility index (Phi) is 7.11. The second-order valence-corrected chi connectivity index (χ2v) is 7.92. The molecule has 6 nitrogen and oxygen atoms in total. The van der Waals surface area contributed by atoms with E-state index in [1.807, 2.05) is 0 Å². The van der Waals surface area contributed by atoms with E-state index >= 15 is 0 Å². The van der Waals surface area contributed by atoms with Gasteiger partial charge in [0.2, 0.25) is 0 Å². The van der Waals surface area contributed by atoms with E-state index in [1.54, 1.807) is 12.4 Å². The van der Waals surface area contributed by atoms with Gasteiger partial charge in [-0.25, -0.2) is 14.4 Å². The molecule has 0 bridgehead atoms. The third-order valence-electron chi connectivity index (χ3n) is 6.05. The van der Waals surface area contributed by atoms with Crippen molar-refractivity contribution in [3.8, 4) is 11.8 Å². The van der Waals surface area contributed by atoms with Gasteiger partial charge in [0.1, 0.15) is 24.6 Å². The second kappa shape index (κ2) is 10.2. The van der Waals surface area contributed by atoms with Crippen molar-refractivity contribution >= 4 is 16.7 Å². The summed E-state index contributed by atoms with van der Waals surface area (Å²) in [7, 11) is 0. The molecule has 0 aliphatic carbocycles. The highest BCUT2D eigenvalue weighted by Gasteiger charge is 2.22. The molecule has 4 rings (SSSR count). The van der Waals surface area contributed by atoms with Crippen LogP contribution >= 0.6 is 0 Å². The van der Waals surface area contributed by atoms with E-state index < -0.39 is 0 Å². The van der Waals surface area contributed by atoms with Gasteiger partial charge < -0.3 is 14.5 Å². The number of nitrogens with zero attached hydrogens (tertiary/aromatic N) is 5. The first kappa shape index (κ1) is 21.0. The fraction of sp³-hybridized carbons (Fsp3) is 0.565. The average molecular weight is 412 g/mol. The van der Waals surface area contributed by atoms with Crippen LogP contribution < -0.4 is 4.90 Å². The fourth-order valence-electron chi connectivity index (χ4n) is 4.14. The van der Waals surface area contributed by atoms with E-state index in [1.165, 1.54) is 12.1 Å². The first-order chi connectivity index (χ1) is 14.7. The molecule has 2 fully saturated rings. The molecule has 2 aliphatic rings. The van der Waals surface area contributed by atoms with Crippen LogP contribution in [0.3, 0.4) is 0 Å². The summed E-state index contributed by atoms with van der Waals surface area (Å²) in [6.07, 6.45) is 3.60. The van der Waals surface area contributed by atoms with Crippen LogP contribution in [0.4, 0.5) is 10.2 Å². The molecule has 1 aromatic carbocycles. The number of likely N-dealkylation sites (N-methyl/N-ethyl adjacent to an activating group) is 1. The molecule has 2 saturated heterocycles. The summed E-state index contributed by atoms with van der Waals surface area (Å²) in [5.74, 6) is 6.98. The zero-order chi connectivity index (χ0) is 20.8. The number of hydrogen-bond acceptors (Lipinski definition) is 6. The van der Waals surface area contributed by atoms with Crippen LogP contribution in [-0.4, -0.2) is 84.8 Å². The van der Waals surface area contributed by atoms with Crippen LogP contribution in [0.2, 0.25) is 0 Å². The third-order valence-corrected chi connectivity index (χ3v) is 6.05. The van der Waals surface area contributed by atoms with Crippen LogP contribution in [0.1, 0.15) is 19.8 Å². The van der Waals surface area contributed by atoms with Gasteiger partial charge in [-0.15, -0.1) is 0 Å². The summed E-state index contributed by atoms with van der Waals surface area (Å²) in [6.45, 7) is 10.8. The molecule has 2 aliphatic heterocycles. The monoisotopic (exact) mass is 411 g/mol. The minimum absolute atomic E-state index is 0.216. The van der Waals surface area contributed by atoms with Crippen LogP contribution in [0.15, 0.2) is 24.5 Å². The number of hydrogen-bond donors (Lipinski definition) is 0. The van der Waals surface area contributed by atoms with E-state index in [0.29, 0.717) is 6.61 Å². The number of anilines is 1. The molecule has 7 heteroatoms. The van der Waals surface area contributed by atoms with Gasteiger partial charge in [0.15, 0.2) is 0 Å². The lowest BCUT2D eigenvalue weighted by molar-refractivity contribution is 0.0593. The van der Waals surface area contributed by atoms with E-state index in [9.17, 15) is 4.39 Å². The number of piperazine rings is 1. The molecule has 0 N–H and O–H groups in total. The molecule has 0 amide bonds. The molecule has 1 aromatic heterocycles. The van der Waals surface area contributed by atoms with Gasteiger partial charge >= 0.3 is 0 Å². The van der Waals surface area contributed by atoms with E-state index in [2.05, 4.69) is 43.4 Å². The predicted molar refractivity (Wildman–Crippen MR) is 117 cm³/mol. The molecule has 0 saturated carbocycles. The Balaban J connectivity index is 1.21. The molecule has 3 heterocycles. The standard InChI is InChI=1S/C23H30FN5O/c1-2-27-12-14-28(15-13-27)9-3-4-16-30-20-7-10-29(11-8-20)23-21-17-19(24)5-6-22(21)25-18-26-23/h5-6,17-18,20H,2,7-16H2,1H3. The third kappa shape index (κ3) is 5.25. The second-order valence-electron chi connectivity index (χ2n) is 7.92. The number of piperidine rings is 1. The highest BCUT2D eigenvalue weighted by molar-refractivity contribution is 5.89. The van der Waals surface area contributed by atoms with Crippen molar-refractivity contribution < 1.29 is 9.13 Å². The lowest BCUT2D eigenvalue weighted by Crippen LogP contribution is -2.46. The highest BCUT2D eigenvalue weighted by atomic mass is 19.1. The molecule has 0 atom stereocenters. The Morgan fingerprint density at radius 1 is 1.03 bits per heavy atom. The van der Waals surface area contributed by atoms with E-state index in [4.69, 9.17) is 4.74 Å². The summed E-state index contributed by atoms with van der Waals surface area (Å²) in [4.78, 5) is 15.7.